The van der Waals surface area contributed by atoms with E-state index in [0.717, 1.165) is 16.7 Å². The van der Waals surface area contributed by atoms with Crippen molar-refractivity contribution in [3.63, 3.8) is 0 Å². The van der Waals surface area contributed by atoms with E-state index in [0.29, 0.717) is 12.0 Å². The number of halogens is 1. The van der Waals surface area contributed by atoms with Gasteiger partial charge in [0.25, 0.3) is 0 Å². The van der Waals surface area contributed by atoms with E-state index in [1.54, 1.807) is 24.3 Å². The topological polar surface area (TPSA) is 20.2 Å². The molecule has 0 unspecified atom stereocenters. The Morgan fingerprint density at radius 1 is 1.18 bits per heavy atom. The fraction of sp³-hybridized carbons (Fsp3) is 0.200. The summed E-state index contributed by atoms with van der Waals surface area (Å²) in [5.41, 5.74) is 3.43. The van der Waals surface area contributed by atoms with E-state index >= 15 is 0 Å². The molecular formula is C15H15FO. The molecule has 0 fully saturated rings. The summed E-state index contributed by atoms with van der Waals surface area (Å²) >= 11 is 0. The van der Waals surface area contributed by atoms with Crippen molar-refractivity contribution in [3.8, 4) is 0 Å². The maximum atomic E-state index is 13.7. The standard InChI is InChI=1S/C15H15FO/c1-10(2)11-7-12(9-13(17)8-11)14-5-3-4-6-15(14)16/h3-7,9,17H,8H2,1-2H3. The van der Waals surface area contributed by atoms with Gasteiger partial charge in [-0.2, -0.15) is 0 Å². The summed E-state index contributed by atoms with van der Waals surface area (Å²) in [7, 11) is 0. The summed E-state index contributed by atoms with van der Waals surface area (Å²) < 4.78 is 13.7. The first-order valence-electron chi connectivity index (χ1n) is 5.60. The van der Waals surface area contributed by atoms with Gasteiger partial charge in [0.1, 0.15) is 5.82 Å². The number of hydrogen-bond donors (Lipinski definition) is 1. The molecule has 1 nitrogen and oxygen atoms in total. The second kappa shape index (κ2) is 4.58. The van der Waals surface area contributed by atoms with Crippen molar-refractivity contribution in [3.05, 3.63) is 64.7 Å². The number of aliphatic hydroxyl groups is 1. The van der Waals surface area contributed by atoms with Crippen LogP contribution in [-0.2, 0) is 0 Å². The zero-order valence-corrected chi connectivity index (χ0v) is 10.00. The second-order valence-corrected chi connectivity index (χ2v) is 4.42. The van der Waals surface area contributed by atoms with Crippen molar-refractivity contribution in [2.24, 2.45) is 0 Å². The van der Waals surface area contributed by atoms with Gasteiger partial charge < -0.3 is 5.11 Å². The van der Waals surface area contributed by atoms with Crippen molar-refractivity contribution >= 4 is 5.57 Å². The number of benzene rings is 1. The quantitative estimate of drug-likeness (QED) is 0.758. The Morgan fingerprint density at radius 2 is 1.88 bits per heavy atom. The molecule has 0 bridgehead atoms. The molecule has 1 aromatic rings. The molecule has 2 rings (SSSR count). The molecule has 0 aromatic heterocycles. The largest absolute Gasteiger partial charge is 0.512 e. The molecule has 0 saturated heterocycles. The summed E-state index contributed by atoms with van der Waals surface area (Å²) in [6, 6.07) is 6.60. The Hall–Kier alpha value is -1.83. The highest BCUT2D eigenvalue weighted by molar-refractivity contribution is 5.78. The lowest BCUT2D eigenvalue weighted by Crippen LogP contribution is -1.98. The van der Waals surface area contributed by atoms with Crippen molar-refractivity contribution in [2.45, 2.75) is 20.3 Å². The molecule has 1 N–H and O–H groups in total. The van der Waals surface area contributed by atoms with Crippen LogP contribution in [0.15, 0.2) is 53.3 Å². The van der Waals surface area contributed by atoms with E-state index in [1.165, 1.54) is 6.07 Å². The smallest absolute Gasteiger partial charge is 0.131 e. The number of allylic oxidation sites excluding steroid dienone is 5. The normalized spacial score (nSPS) is 15.4. The molecule has 1 aliphatic rings. The van der Waals surface area contributed by atoms with Crippen LogP contribution >= 0.6 is 0 Å². The monoisotopic (exact) mass is 230 g/mol. The Labute approximate surface area is 101 Å². The van der Waals surface area contributed by atoms with Gasteiger partial charge in [-0.25, -0.2) is 4.39 Å². The number of aliphatic hydroxyl groups excluding tert-OH is 1. The fourth-order valence-electron chi connectivity index (χ4n) is 1.88. The molecule has 2 heteroatoms. The highest BCUT2D eigenvalue weighted by Crippen LogP contribution is 2.30. The van der Waals surface area contributed by atoms with Gasteiger partial charge in [0.05, 0.1) is 5.76 Å². The van der Waals surface area contributed by atoms with Crippen LogP contribution in [0.2, 0.25) is 0 Å². The average molecular weight is 230 g/mol. The van der Waals surface area contributed by atoms with Crippen LogP contribution in [-0.4, -0.2) is 5.11 Å². The SMILES string of the molecule is CC(C)=C1C=C(c2ccccc2F)C=C(O)C1. The first kappa shape index (κ1) is 11.6. The lowest BCUT2D eigenvalue weighted by atomic mass is 9.93. The van der Waals surface area contributed by atoms with Crippen molar-refractivity contribution in [1.29, 1.82) is 0 Å². The van der Waals surface area contributed by atoms with E-state index in [1.807, 2.05) is 19.9 Å². The van der Waals surface area contributed by atoms with Crippen LogP contribution in [0.25, 0.3) is 5.57 Å². The third-order valence-corrected chi connectivity index (χ3v) is 2.85. The summed E-state index contributed by atoms with van der Waals surface area (Å²) in [6.07, 6.45) is 4.10. The van der Waals surface area contributed by atoms with E-state index in [-0.39, 0.29) is 11.6 Å². The first-order valence-corrected chi connectivity index (χ1v) is 5.60. The second-order valence-electron chi connectivity index (χ2n) is 4.42. The first-order chi connectivity index (χ1) is 8.08. The molecule has 0 aliphatic heterocycles. The van der Waals surface area contributed by atoms with Crippen LogP contribution in [0.5, 0.6) is 0 Å². The minimum Gasteiger partial charge on any atom is -0.512 e. The lowest BCUT2D eigenvalue weighted by Gasteiger charge is -2.14. The van der Waals surface area contributed by atoms with Crippen LogP contribution in [0.3, 0.4) is 0 Å². The Balaban J connectivity index is 2.52. The molecule has 1 aliphatic carbocycles. The zero-order chi connectivity index (χ0) is 12.4. The molecule has 0 saturated carbocycles. The van der Waals surface area contributed by atoms with Crippen LogP contribution in [0.1, 0.15) is 25.8 Å². The molecule has 0 spiro atoms. The summed E-state index contributed by atoms with van der Waals surface area (Å²) in [4.78, 5) is 0. The van der Waals surface area contributed by atoms with E-state index in [2.05, 4.69) is 0 Å². The summed E-state index contributed by atoms with van der Waals surface area (Å²) in [6.45, 7) is 3.98. The molecule has 88 valence electrons. The predicted molar refractivity (Wildman–Crippen MR) is 68.1 cm³/mol. The fourth-order valence-corrected chi connectivity index (χ4v) is 1.88. The van der Waals surface area contributed by atoms with Crippen molar-refractivity contribution < 1.29 is 9.50 Å². The van der Waals surface area contributed by atoms with Gasteiger partial charge >= 0.3 is 0 Å². The number of hydrogen-bond acceptors (Lipinski definition) is 1. The van der Waals surface area contributed by atoms with Crippen molar-refractivity contribution in [1.82, 2.24) is 0 Å². The Kier molecular flexibility index (Phi) is 3.14. The van der Waals surface area contributed by atoms with E-state index in [4.69, 9.17) is 0 Å². The van der Waals surface area contributed by atoms with E-state index in [9.17, 15) is 9.50 Å². The number of rotatable bonds is 1. The lowest BCUT2D eigenvalue weighted by molar-refractivity contribution is 0.398. The Morgan fingerprint density at radius 3 is 2.53 bits per heavy atom. The Bertz CT molecular complexity index is 532. The summed E-state index contributed by atoms with van der Waals surface area (Å²) in [5.74, 6) is 0.0137. The van der Waals surface area contributed by atoms with Crippen LogP contribution in [0.4, 0.5) is 4.39 Å². The van der Waals surface area contributed by atoms with Gasteiger partial charge in [-0.1, -0.05) is 29.8 Å². The maximum Gasteiger partial charge on any atom is 0.131 e. The van der Waals surface area contributed by atoms with E-state index < -0.39 is 0 Å². The molecule has 17 heavy (non-hydrogen) atoms. The highest BCUT2D eigenvalue weighted by atomic mass is 19.1. The van der Waals surface area contributed by atoms with Gasteiger partial charge in [-0.3, -0.25) is 0 Å². The van der Waals surface area contributed by atoms with Gasteiger partial charge in [-0.15, -0.1) is 0 Å². The van der Waals surface area contributed by atoms with Gasteiger partial charge in [0, 0.05) is 12.0 Å². The zero-order valence-electron chi connectivity index (χ0n) is 10.00. The maximum absolute atomic E-state index is 13.7. The van der Waals surface area contributed by atoms with Gasteiger partial charge in [0.15, 0.2) is 0 Å². The average Bonchev–Trinajstić information content (AvgIpc) is 2.28. The molecular weight excluding hydrogens is 215 g/mol. The minimum atomic E-state index is -0.266. The highest BCUT2D eigenvalue weighted by Gasteiger charge is 2.13. The third-order valence-electron chi connectivity index (χ3n) is 2.85. The summed E-state index contributed by atoms with van der Waals surface area (Å²) in [5, 5.41) is 9.71. The van der Waals surface area contributed by atoms with Gasteiger partial charge in [-0.05, 0) is 37.1 Å². The van der Waals surface area contributed by atoms with Crippen LogP contribution < -0.4 is 0 Å². The molecule has 0 heterocycles. The molecule has 0 atom stereocenters. The van der Waals surface area contributed by atoms with Crippen LogP contribution in [0, 0.1) is 5.82 Å². The molecule has 0 amide bonds. The van der Waals surface area contributed by atoms with Crippen molar-refractivity contribution in [2.75, 3.05) is 0 Å². The minimum absolute atomic E-state index is 0.266. The van der Waals surface area contributed by atoms with Gasteiger partial charge in [0.2, 0.25) is 0 Å². The molecule has 1 aromatic carbocycles. The third kappa shape index (κ3) is 2.47. The molecule has 0 radical (unpaired) electrons. The predicted octanol–water partition coefficient (Wildman–Crippen LogP) is 4.39.